The van der Waals surface area contributed by atoms with Crippen LogP contribution in [0.5, 0.6) is 0 Å². The number of carbonyl (C=O) groups excluding carboxylic acids is 1. The summed E-state index contributed by atoms with van der Waals surface area (Å²) in [5.41, 5.74) is 0. The van der Waals surface area contributed by atoms with Crippen molar-refractivity contribution in [3.05, 3.63) is 91.0 Å². The Morgan fingerprint density at radius 2 is 1.20 bits per heavy atom. The molecule has 0 spiro atoms. The summed E-state index contributed by atoms with van der Waals surface area (Å²) in [5, 5.41) is 3.99. The Morgan fingerprint density at radius 3 is 1.57 bits per heavy atom. The minimum absolute atomic E-state index is 0.0944. The first kappa shape index (κ1) is 22.2. The average molecular weight is 420 g/mol. The van der Waals surface area contributed by atoms with Crippen LogP contribution in [0.1, 0.15) is 39.5 Å². The molecule has 0 saturated heterocycles. The van der Waals surface area contributed by atoms with Gasteiger partial charge in [-0.1, -0.05) is 74.4 Å². The van der Waals surface area contributed by atoms with Crippen molar-refractivity contribution in [1.82, 2.24) is 0 Å². The lowest BCUT2D eigenvalue weighted by molar-refractivity contribution is -0.145. The van der Waals surface area contributed by atoms with E-state index in [0.717, 1.165) is 31.8 Å². The van der Waals surface area contributed by atoms with E-state index in [2.05, 4.69) is 97.9 Å². The van der Waals surface area contributed by atoms with Crippen LogP contribution in [0.15, 0.2) is 91.0 Å². The molecule has 0 radical (unpaired) electrons. The van der Waals surface area contributed by atoms with Crippen LogP contribution in [-0.4, -0.2) is 18.2 Å². The number of rotatable bonds is 10. The van der Waals surface area contributed by atoms with Gasteiger partial charge in [0.1, 0.15) is 35.4 Å². The molecule has 3 heteroatoms. The number of benzene rings is 3. The fraction of sp³-hybridized carbons (Fsp3) is 0.296. The van der Waals surface area contributed by atoms with Crippen molar-refractivity contribution in [2.75, 3.05) is 6.16 Å². The lowest BCUT2D eigenvalue weighted by atomic mass is 10.1. The van der Waals surface area contributed by atoms with Gasteiger partial charge < -0.3 is 4.74 Å². The average Bonchev–Trinajstić information content (AvgIpc) is 2.79. The number of unbranched alkanes of at least 4 members (excludes halogenated alkanes) is 2. The van der Waals surface area contributed by atoms with Gasteiger partial charge in [0.05, 0.1) is 0 Å². The molecule has 3 aromatic carbocycles. The minimum Gasteiger partial charge on any atom is -0.459 e. The van der Waals surface area contributed by atoms with Gasteiger partial charge in [-0.3, -0.25) is 4.79 Å². The van der Waals surface area contributed by atoms with Crippen LogP contribution in [-0.2, 0) is 9.53 Å². The fourth-order valence-electron chi connectivity index (χ4n) is 4.16. The Hall–Kier alpha value is -2.44. The van der Waals surface area contributed by atoms with Crippen molar-refractivity contribution in [1.29, 1.82) is 0 Å². The number of ether oxygens (including phenoxy) is 1. The highest BCUT2D eigenvalue weighted by atomic mass is 31.2. The summed E-state index contributed by atoms with van der Waals surface area (Å²) in [5.74, 6) is -0.191. The molecule has 0 heterocycles. The van der Waals surface area contributed by atoms with Crippen LogP contribution in [0.25, 0.3) is 0 Å². The smallest absolute Gasteiger partial charge is 0.303 e. The van der Waals surface area contributed by atoms with E-state index in [9.17, 15) is 4.79 Å². The first-order valence-electron chi connectivity index (χ1n) is 10.9. The lowest BCUT2D eigenvalue weighted by Gasteiger charge is -2.31. The normalized spacial score (nSPS) is 12.3. The van der Waals surface area contributed by atoms with E-state index in [0.29, 0.717) is 0 Å². The standard InChI is InChI=1S/C27H32O2P/c1-3-4-8-15-24(29-23(2)28)22-30(25-16-9-5-10-17-25,26-18-11-6-12-19-26)27-20-13-7-14-21-27/h5-7,9-14,16-21,24H,3-4,8,15,22H2,1-2H3/q+1. The Kier molecular flexibility index (Phi) is 8.22. The highest BCUT2D eigenvalue weighted by molar-refractivity contribution is 7.95. The van der Waals surface area contributed by atoms with Crippen LogP contribution in [0.2, 0.25) is 0 Å². The van der Waals surface area contributed by atoms with E-state index in [1.54, 1.807) is 0 Å². The molecule has 0 fully saturated rings. The Balaban J connectivity index is 2.15. The van der Waals surface area contributed by atoms with E-state index < -0.39 is 7.26 Å². The third-order valence-electron chi connectivity index (χ3n) is 5.53. The van der Waals surface area contributed by atoms with Crippen LogP contribution in [0, 0.1) is 0 Å². The van der Waals surface area contributed by atoms with E-state index in [4.69, 9.17) is 4.74 Å². The van der Waals surface area contributed by atoms with E-state index >= 15 is 0 Å². The predicted molar refractivity (Wildman–Crippen MR) is 130 cm³/mol. The molecule has 1 unspecified atom stereocenters. The quantitative estimate of drug-likeness (QED) is 0.247. The second-order valence-electron chi connectivity index (χ2n) is 7.73. The van der Waals surface area contributed by atoms with Gasteiger partial charge in [-0.2, -0.15) is 0 Å². The first-order chi connectivity index (χ1) is 14.7. The summed E-state index contributed by atoms with van der Waals surface area (Å²) in [7, 11) is -1.99. The topological polar surface area (TPSA) is 26.3 Å². The molecule has 1 atom stereocenters. The molecule has 0 saturated carbocycles. The SMILES string of the molecule is CCCCCC(C[P+](c1ccccc1)(c1ccccc1)c1ccccc1)OC(C)=O. The zero-order valence-electron chi connectivity index (χ0n) is 18.0. The summed E-state index contributed by atoms with van der Waals surface area (Å²) in [4.78, 5) is 12.0. The number of hydrogen-bond donors (Lipinski definition) is 0. The highest BCUT2D eigenvalue weighted by Gasteiger charge is 2.47. The molecule has 30 heavy (non-hydrogen) atoms. The Morgan fingerprint density at radius 1 is 0.767 bits per heavy atom. The van der Waals surface area contributed by atoms with E-state index in [-0.39, 0.29) is 12.1 Å². The van der Waals surface area contributed by atoms with E-state index in [1.165, 1.54) is 22.8 Å². The maximum atomic E-state index is 12.0. The van der Waals surface area contributed by atoms with Crippen molar-refractivity contribution in [2.45, 2.75) is 45.6 Å². The fourth-order valence-corrected chi connectivity index (χ4v) is 8.60. The molecule has 0 aliphatic carbocycles. The maximum Gasteiger partial charge on any atom is 0.303 e. The molecular formula is C27H32O2P+. The zero-order valence-corrected chi connectivity index (χ0v) is 18.9. The number of esters is 1. The summed E-state index contributed by atoms with van der Waals surface area (Å²) in [6.07, 6.45) is 5.03. The summed E-state index contributed by atoms with van der Waals surface area (Å²) >= 11 is 0. The molecule has 0 aromatic heterocycles. The molecule has 0 aliphatic heterocycles. The lowest BCUT2D eigenvalue weighted by Crippen LogP contribution is -2.38. The summed E-state index contributed by atoms with van der Waals surface area (Å²) in [6.45, 7) is 3.73. The maximum absolute atomic E-state index is 12.0. The first-order valence-corrected chi connectivity index (χ1v) is 12.9. The Bertz CT molecular complexity index is 797. The van der Waals surface area contributed by atoms with Crippen molar-refractivity contribution in [3.8, 4) is 0 Å². The van der Waals surface area contributed by atoms with Gasteiger partial charge in [-0.05, 0) is 49.2 Å². The van der Waals surface area contributed by atoms with Crippen LogP contribution in [0.4, 0.5) is 0 Å². The van der Waals surface area contributed by atoms with Crippen molar-refractivity contribution < 1.29 is 9.53 Å². The highest BCUT2D eigenvalue weighted by Crippen LogP contribution is 2.56. The predicted octanol–water partition coefficient (Wildman–Crippen LogP) is 5.49. The molecule has 0 amide bonds. The van der Waals surface area contributed by atoms with Gasteiger partial charge >= 0.3 is 5.97 Å². The van der Waals surface area contributed by atoms with Crippen LogP contribution in [0.3, 0.4) is 0 Å². The second-order valence-corrected chi connectivity index (χ2v) is 11.3. The monoisotopic (exact) mass is 419 g/mol. The molecular weight excluding hydrogens is 387 g/mol. The molecule has 0 aliphatic rings. The molecule has 3 aromatic rings. The molecule has 2 nitrogen and oxygen atoms in total. The van der Waals surface area contributed by atoms with Crippen LogP contribution < -0.4 is 15.9 Å². The number of carbonyl (C=O) groups is 1. The van der Waals surface area contributed by atoms with Gasteiger partial charge in [0.25, 0.3) is 0 Å². The van der Waals surface area contributed by atoms with Crippen molar-refractivity contribution in [2.24, 2.45) is 0 Å². The van der Waals surface area contributed by atoms with Gasteiger partial charge in [0.15, 0.2) is 0 Å². The molecule has 156 valence electrons. The van der Waals surface area contributed by atoms with Gasteiger partial charge in [0, 0.05) is 6.92 Å². The summed E-state index contributed by atoms with van der Waals surface area (Å²) < 4.78 is 5.91. The molecule has 0 bridgehead atoms. The molecule has 3 rings (SSSR count). The summed E-state index contributed by atoms with van der Waals surface area (Å²) in [6, 6.07) is 32.4. The van der Waals surface area contributed by atoms with Gasteiger partial charge in [-0.25, -0.2) is 0 Å². The third-order valence-corrected chi connectivity index (χ3v) is 10.0. The third kappa shape index (κ3) is 5.37. The Labute approximate surface area is 181 Å². The largest absolute Gasteiger partial charge is 0.459 e. The van der Waals surface area contributed by atoms with Gasteiger partial charge in [-0.15, -0.1) is 0 Å². The zero-order chi connectivity index (χ0) is 21.2. The van der Waals surface area contributed by atoms with Crippen LogP contribution >= 0.6 is 7.26 Å². The van der Waals surface area contributed by atoms with E-state index in [1.807, 2.05) is 0 Å². The second kappa shape index (κ2) is 11.1. The minimum atomic E-state index is -1.99. The van der Waals surface area contributed by atoms with Gasteiger partial charge in [0.2, 0.25) is 0 Å². The molecule has 0 N–H and O–H groups in total. The van der Waals surface area contributed by atoms with Crippen molar-refractivity contribution in [3.63, 3.8) is 0 Å². The van der Waals surface area contributed by atoms with Crippen molar-refractivity contribution >= 4 is 29.1 Å². The number of hydrogen-bond acceptors (Lipinski definition) is 2.